The lowest BCUT2D eigenvalue weighted by Crippen LogP contribution is -2.37. The van der Waals surface area contributed by atoms with Crippen molar-refractivity contribution in [2.24, 2.45) is 5.73 Å². The Morgan fingerprint density at radius 3 is 2.73 bits per heavy atom. The zero-order valence-electron chi connectivity index (χ0n) is 6.09. The summed E-state index contributed by atoms with van der Waals surface area (Å²) in [5.74, 6) is 1.46. The molecule has 60 valence electrons. The second-order valence-electron chi connectivity index (χ2n) is 2.98. The van der Waals surface area contributed by atoms with Gasteiger partial charge in [-0.25, -0.2) is 0 Å². The summed E-state index contributed by atoms with van der Waals surface area (Å²) in [7, 11) is 0. The zero-order chi connectivity index (χ0) is 7.84. The van der Waals surface area contributed by atoms with Crippen LogP contribution in [0.1, 0.15) is 24.5 Å². The van der Waals surface area contributed by atoms with Crippen molar-refractivity contribution >= 4 is 15.9 Å². The Morgan fingerprint density at radius 2 is 2.36 bits per heavy atom. The van der Waals surface area contributed by atoms with Crippen LogP contribution in [0.5, 0.6) is 0 Å². The fraction of sp³-hybridized carbons (Fsp3) is 0.500. The van der Waals surface area contributed by atoms with Gasteiger partial charge < -0.3 is 10.2 Å². The van der Waals surface area contributed by atoms with Gasteiger partial charge in [0.1, 0.15) is 5.76 Å². The van der Waals surface area contributed by atoms with E-state index in [9.17, 15) is 0 Å². The van der Waals surface area contributed by atoms with Crippen molar-refractivity contribution in [3.8, 4) is 0 Å². The largest absolute Gasteiger partial charge is 0.468 e. The van der Waals surface area contributed by atoms with E-state index in [0.29, 0.717) is 12.0 Å². The standard InChI is InChI=1S/C8H10BrNO/c9-6-3-4-11-8(6)5-1-2-7(5)10/h3-5,7H,1-2,10H2. The van der Waals surface area contributed by atoms with Crippen LogP contribution in [0.4, 0.5) is 0 Å². The van der Waals surface area contributed by atoms with Crippen LogP contribution < -0.4 is 5.73 Å². The number of furan rings is 1. The minimum Gasteiger partial charge on any atom is -0.468 e. The summed E-state index contributed by atoms with van der Waals surface area (Å²) in [6.07, 6.45) is 3.98. The summed E-state index contributed by atoms with van der Waals surface area (Å²) in [4.78, 5) is 0. The van der Waals surface area contributed by atoms with Crippen LogP contribution >= 0.6 is 15.9 Å². The molecule has 2 atom stereocenters. The minimum absolute atomic E-state index is 0.303. The summed E-state index contributed by atoms with van der Waals surface area (Å²) >= 11 is 3.42. The Balaban J connectivity index is 2.22. The van der Waals surface area contributed by atoms with Gasteiger partial charge in [-0.15, -0.1) is 0 Å². The summed E-state index contributed by atoms with van der Waals surface area (Å²) in [5, 5.41) is 0. The first-order chi connectivity index (χ1) is 5.29. The first-order valence-electron chi connectivity index (χ1n) is 3.77. The lowest BCUT2D eigenvalue weighted by molar-refractivity contribution is 0.295. The number of hydrogen-bond acceptors (Lipinski definition) is 2. The lowest BCUT2D eigenvalue weighted by atomic mass is 9.79. The van der Waals surface area contributed by atoms with Crippen molar-refractivity contribution < 1.29 is 4.42 Å². The van der Waals surface area contributed by atoms with E-state index in [1.54, 1.807) is 6.26 Å². The Morgan fingerprint density at radius 1 is 1.55 bits per heavy atom. The molecule has 2 rings (SSSR count). The number of nitrogens with two attached hydrogens (primary N) is 1. The highest BCUT2D eigenvalue weighted by molar-refractivity contribution is 9.10. The van der Waals surface area contributed by atoms with E-state index in [0.717, 1.165) is 23.1 Å². The van der Waals surface area contributed by atoms with Crippen LogP contribution in [0.3, 0.4) is 0 Å². The predicted molar refractivity (Wildman–Crippen MR) is 46.4 cm³/mol. The van der Waals surface area contributed by atoms with Crippen molar-refractivity contribution in [2.45, 2.75) is 24.8 Å². The molecule has 11 heavy (non-hydrogen) atoms. The highest BCUT2D eigenvalue weighted by Crippen LogP contribution is 2.39. The van der Waals surface area contributed by atoms with Crippen molar-refractivity contribution in [3.05, 3.63) is 22.6 Å². The van der Waals surface area contributed by atoms with E-state index in [4.69, 9.17) is 10.2 Å². The third-order valence-corrected chi connectivity index (χ3v) is 2.96. The van der Waals surface area contributed by atoms with Crippen molar-refractivity contribution in [1.82, 2.24) is 0 Å². The van der Waals surface area contributed by atoms with Gasteiger partial charge >= 0.3 is 0 Å². The molecule has 1 saturated carbocycles. The van der Waals surface area contributed by atoms with Crippen molar-refractivity contribution in [2.75, 3.05) is 0 Å². The van der Waals surface area contributed by atoms with E-state index in [2.05, 4.69) is 15.9 Å². The van der Waals surface area contributed by atoms with E-state index < -0.39 is 0 Å². The van der Waals surface area contributed by atoms with Gasteiger partial charge in [0.2, 0.25) is 0 Å². The maximum atomic E-state index is 5.80. The second-order valence-corrected chi connectivity index (χ2v) is 3.83. The molecule has 1 heterocycles. The number of halogens is 1. The highest BCUT2D eigenvalue weighted by Gasteiger charge is 2.32. The molecule has 0 amide bonds. The maximum Gasteiger partial charge on any atom is 0.122 e. The van der Waals surface area contributed by atoms with Gasteiger partial charge in [-0.2, -0.15) is 0 Å². The van der Waals surface area contributed by atoms with Crippen molar-refractivity contribution in [1.29, 1.82) is 0 Å². The molecule has 0 spiro atoms. The van der Waals surface area contributed by atoms with E-state index >= 15 is 0 Å². The summed E-state index contributed by atoms with van der Waals surface area (Å²) in [6, 6.07) is 2.22. The number of hydrogen-bond donors (Lipinski definition) is 1. The van der Waals surface area contributed by atoms with Crippen molar-refractivity contribution in [3.63, 3.8) is 0 Å². The topological polar surface area (TPSA) is 39.2 Å². The average Bonchev–Trinajstić information content (AvgIpc) is 2.34. The van der Waals surface area contributed by atoms with Gasteiger partial charge in [0.25, 0.3) is 0 Å². The molecule has 1 aliphatic carbocycles. The third-order valence-electron chi connectivity index (χ3n) is 2.31. The third kappa shape index (κ3) is 1.12. The zero-order valence-corrected chi connectivity index (χ0v) is 7.67. The van der Waals surface area contributed by atoms with E-state index in [1.165, 1.54) is 0 Å². The summed E-state index contributed by atoms with van der Waals surface area (Å²) in [6.45, 7) is 0. The summed E-state index contributed by atoms with van der Waals surface area (Å²) < 4.78 is 6.37. The van der Waals surface area contributed by atoms with Crippen LogP contribution in [0.15, 0.2) is 21.2 Å². The predicted octanol–water partition coefficient (Wildman–Crippen LogP) is 2.25. The van der Waals surface area contributed by atoms with Crippen LogP contribution in [0, 0.1) is 0 Å². The van der Waals surface area contributed by atoms with Crippen LogP contribution in [0.2, 0.25) is 0 Å². The molecule has 1 aromatic heterocycles. The molecule has 0 aliphatic heterocycles. The summed E-state index contributed by atoms with van der Waals surface area (Å²) in [5.41, 5.74) is 5.80. The first kappa shape index (κ1) is 7.37. The van der Waals surface area contributed by atoms with Crippen LogP contribution in [-0.4, -0.2) is 6.04 Å². The van der Waals surface area contributed by atoms with Gasteiger partial charge in [0.05, 0.1) is 10.7 Å². The molecular weight excluding hydrogens is 206 g/mol. The van der Waals surface area contributed by atoms with Gasteiger partial charge in [0.15, 0.2) is 0 Å². The van der Waals surface area contributed by atoms with Gasteiger partial charge in [-0.1, -0.05) is 0 Å². The molecule has 3 heteroatoms. The Bertz CT molecular complexity index is 258. The molecule has 0 bridgehead atoms. The minimum atomic E-state index is 0.303. The molecule has 2 unspecified atom stereocenters. The Kier molecular flexibility index (Phi) is 1.77. The maximum absolute atomic E-state index is 5.80. The molecule has 2 N–H and O–H groups in total. The van der Waals surface area contributed by atoms with Gasteiger partial charge in [0, 0.05) is 12.0 Å². The monoisotopic (exact) mass is 215 g/mol. The molecule has 1 aromatic rings. The molecule has 1 fully saturated rings. The molecule has 0 saturated heterocycles. The Hall–Kier alpha value is -0.280. The molecule has 0 aromatic carbocycles. The highest BCUT2D eigenvalue weighted by atomic mass is 79.9. The fourth-order valence-corrected chi connectivity index (χ4v) is 1.92. The second kappa shape index (κ2) is 2.64. The lowest BCUT2D eigenvalue weighted by Gasteiger charge is -2.31. The molecule has 2 nitrogen and oxygen atoms in total. The molecule has 1 aliphatic rings. The van der Waals surface area contributed by atoms with Crippen LogP contribution in [0.25, 0.3) is 0 Å². The molecular formula is C8H10BrNO. The number of rotatable bonds is 1. The Labute approximate surface area is 73.9 Å². The SMILES string of the molecule is NC1CCC1c1occc1Br. The van der Waals surface area contributed by atoms with Gasteiger partial charge in [-0.3, -0.25) is 0 Å². The quantitative estimate of drug-likeness (QED) is 0.781. The smallest absolute Gasteiger partial charge is 0.122 e. The fourth-order valence-electron chi connectivity index (χ4n) is 1.42. The van der Waals surface area contributed by atoms with E-state index in [-0.39, 0.29) is 0 Å². The van der Waals surface area contributed by atoms with E-state index in [1.807, 2.05) is 6.07 Å². The first-order valence-corrected chi connectivity index (χ1v) is 4.57. The molecule has 0 radical (unpaired) electrons. The van der Waals surface area contributed by atoms with Gasteiger partial charge in [-0.05, 0) is 34.8 Å². The average molecular weight is 216 g/mol. The normalized spacial score (nSPS) is 30.0. The van der Waals surface area contributed by atoms with Crippen LogP contribution in [-0.2, 0) is 0 Å².